The molecule has 1 aromatic heterocycles. The quantitative estimate of drug-likeness (QED) is 0.335. The molecule has 4 aromatic rings. The highest BCUT2D eigenvalue weighted by molar-refractivity contribution is 6.19. The summed E-state index contributed by atoms with van der Waals surface area (Å²) in [6.07, 6.45) is -0.960. The number of aromatic nitrogens is 2. The summed E-state index contributed by atoms with van der Waals surface area (Å²) in [4.78, 5) is 17.7. The number of hydrogen-bond donors (Lipinski definition) is 3. The van der Waals surface area contributed by atoms with Crippen LogP contribution >= 0.6 is 0 Å². The molecule has 0 saturated heterocycles. The number of methoxy groups -OCH3 is 1. The normalized spacial score (nSPS) is 14.9. The molecule has 9 heteroatoms. The number of nitrogens with zero attached hydrogens (tertiary/aromatic N) is 3. The van der Waals surface area contributed by atoms with Crippen LogP contribution in [0.15, 0.2) is 88.3 Å². The van der Waals surface area contributed by atoms with Crippen molar-refractivity contribution < 1.29 is 13.9 Å². The maximum Gasteiger partial charge on any atom is 0.317 e. The van der Waals surface area contributed by atoms with Crippen LogP contribution in [-0.2, 0) is 9.53 Å². The number of rotatable bonds is 8. The Morgan fingerprint density at radius 3 is 2.51 bits per heavy atom. The number of para-hydroxylation sites is 1. The Labute approximate surface area is 202 Å². The van der Waals surface area contributed by atoms with Gasteiger partial charge in [0.1, 0.15) is 0 Å². The van der Waals surface area contributed by atoms with Gasteiger partial charge in [0.25, 0.3) is 5.91 Å². The fourth-order valence-electron chi connectivity index (χ4n) is 3.72. The second-order valence-electron chi connectivity index (χ2n) is 7.83. The van der Waals surface area contributed by atoms with Crippen LogP contribution in [0.1, 0.15) is 11.1 Å². The molecule has 0 saturated carbocycles. The second kappa shape index (κ2) is 10.2. The number of fused-ring (bicyclic) bond motifs is 1. The lowest BCUT2D eigenvalue weighted by molar-refractivity contribution is -0.116. The van der Waals surface area contributed by atoms with Gasteiger partial charge >= 0.3 is 6.01 Å². The summed E-state index contributed by atoms with van der Waals surface area (Å²) in [6.45, 7) is 1.33. The van der Waals surface area contributed by atoms with Crippen molar-refractivity contribution in [2.75, 3.05) is 36.2 Å². The first-order valence-electron chi connectivity index (χ1n) is 11.2. The monoisotopic (exact) mass is 468 g/mol. The van der Waals surface area contributed by atoms with E-state index in [1.807, 2.05) is 78.9 Å². The van der Waals surface area contributed by atoms with E-state index in [2.05, 4.69) is 26.1 Å². The van der Waals surface area contributed by atoms with Crippen molar-refractivity contribution in [3.63, 3.8) is 0 Å². The number of nitrogens with one attached hydrogen (secondary N) is 3. The lowest BCUT2D eigenvalue weighted by Crippen LogP contribution is -2.32. The summed E-state index contributed by atoms with van der Waals surface area (Å²) in [6, 6.07) is 25.0. The Balaban J connectivity index is 1.38. The molecule has 1 amide bonds. The molecule has 2 heterocycles. The second-order valence-corrected chi connectivity index (χ2v) is 7.83. The zero-order valence-corrected chi connectivity index (χ0v) is 19.1. The molecule has 35 heavy (non-hydrogen) atoms. The molecule has 0 radical (unpaired) electrons. The van der Waals surface area contributed by atoms with E-state index in [4.69, 9.17) is 14.1 Å². The van der Waals surface area contributed by atoms with E-state index < -0.39 is 6.17 Å². The van der Waals surface area contributed by atoms with E-state index in [-0.39, 0.29) is 11.9 Å². The maximum absolute atomic E-state index is 13.0. The molecule has 0 spiro atoms. The minimum atomic E-state index is -0.960. The van der Waals surface area contributed by atoms with Gasteiger partial charge in [-0.1, -0.05) is 53.6 Å². The molecule has 0 fully saturated rings. The first kappa shape index (κ1) is 22.3. The van der Waals surface area contributed by atoms with Gasteiger partial charge in [0, 0.05) is 36.0 Å². The van der Waals surface area contributed by atoms with Gasteiger partial charge in [0.2, 0.25) is 12.1 Å². The first-order chi connectivity index (χ1) is 17.2. The number of benzodiazepines with no additional fused rings is 1. The number of amides is 1. The zero-order valence-electron chi connectivity index (χ0n) is 19.1. The first-order valence-corrected chi connectivity index (χ1v) is 11.2. The summed E-state index contributed by atoms with van der Waals surface area (Å²) >= 11 is 0. The van der Waals surface area contributed by atoms with Crippen molar-refractivity contribution in [3.05, 3.63) is 90.0 Å². The minimum absolute atomic E-state index is 0.101. The molecule has 1 aliphatic heterocycles. The predicted octanol–water partition coefficient (Wildman–Crippen LogP) is 4.02. The SMILES string of the molecule is COCCNc1ccc(-c2nnc(NC3N=C(c4ccccc4)c4ccccc4NC3=O)o2)cc1. The maximum atomic E-state index is 13.0. The molecule has 9 nitrogen and oxygen atoms in total. The Hall–Kier alpha value is -4.50. The highest BCUT2D eigenvalue weighted by Gasteiger charge is 2.27. The van der Waals surface area contributed by atoms with Crippen molar-refractivity contribution in [2.24, 2.45) is 4.99 Å². The minimum Gasteiger partial charge on any atom is -0.403 e. The smallest absolute Gasteiger partial charge is 0.317 e. The largest absolute Gasteiger partial charge is 0.403 e. The topological polar surface area (TPSA) is 114 Å². The standard InChI is InChI=1S/C26H24N6O3/c1-34-16-15-27-19-13-11-18(12-14-19)25-31-32-26(35-25)30-23-24(33)28-21-10-6-5-9-20(21)22(29-23)17-7-3-2-4-8-17/h2-14,23,27H,15-16H2,1H3,(H,28,33)(H,30,32). The summed E-state index contributed by atoms with van der Waals surface area (Å²) in [7, 11) is 1.66. The Kier molecular flexibility index (Phi) is 6.49. The summed E-state index contributed by atoms with van der Waals surface area (Å²) in [5, 5.41) is 17.4. The highest BCUT2D eigenvalue weighted by atomic mass is 16.5. The van der Waals surface area contributed by atoms with Gasteiger partial charge in [0.15, 0.2) is 0 Å². The Morgan fingerprint density at radius 1 is 0.943 bits per heavy atom. The molecule has 0 bridgehead atoms. The van der Waals surface area contributed by atoms with E-state index in [1.165, 1.54) is 0 Å². The number of benzene rings is 3. The van der Waals surface area contributed by atoms with E-state index in [0.29, 0.717) is 30.4 Å². The van der Waals surface area contributed by atoms with Crippen LogP contribution in [0.4, 0.5) is 17.4 Å². The number of carbonyl (C=O) groups excluding carboxylic acids is 1. The lowest BCUT2D eigenvalue weighted by Gasteiger charge is -2.11. The van der Waals surface area contributed by atoms with Crippen molar-refractivity contribution in [1.29, 1.82) is 0 Å². The van der Waals surface area contributed by atoms with Crippen molar-refractivity contribution >= 4 is 29.0 Å². The summed E-state index contributed by atoms with van der Waals surface area (Å²) < 4.78 is 10.8. The predicted molar refractivity (Wildman–Crippen MR) is 135 cm³/mol. The van der Waals surface area contributed by atoms with E-state index >= 15 is 0 Å². The van der Waals surface area contributed by atoms with Crippen molar-refractivity contribution in [3.8, 4) is 11.5 Å². The van der Waals surface area contributed by atoms with Crippen LogP contribution < -0.4 is 16.0 Å². The molecule has 1 unspecified atom stereocenters. The van der Waals surface area contributed by atoms with E-state index in [0.717, 1.165) is 22.4 Å². The van der Waals surface area contributed by atoms with Crippen LogP contribution in [0, 0.1) is 0 Å². The Bertz CT molecular complexity index is 1330. The fourth-order valence-corrected chi connectivity index (χ4v) is 3.72. The average Bonchev–Trinajstić information content (AvgIpc) is 3.31. The molecule has 0 aliphatic carbocycles. The zero-order chi connectivity index (χ0) is 24.0. The van der Waals surface area contributed by atoms with E-state index in [9.17, 15) is 4.79 Å². The van der Waals surface area contributed by atoms with Gasteiger partial charge in [-0.3, -0.25) is 4.79 Å². The van der Waals surface area contributed by atoms with Crippen LogP contribution in [0.25, 0.3) is 11.5 Å². The molecule has 3 aromatic carbocycles. The average molecular weight is 469 g/mol. The van der Waals surface area contributed by atoms with Gasteiger partial charge in [-0.2, -0.15) is 0 Å². The van der Waals surface area contributed by atoms with Crippen molar-refractivity contribution in [2.45, 2.75) is 6.17 Å². The molecule has 5 rings (SSSR count). The molecule has 176 valence electrons. The van der Waals surface area contributed by atoms with Gasteiger partial charge in [0.05, 0.1) is 18.0 Å². The van der Waals surface area contributed by atoms with Crippen LogP contribution in [-0.4, -0.2) is 48.2 Å². The van der Waals surface area contributed by atoms with Gasteiger partial charge in [-0.25, -0.2) is 4.99 Å². The summed E-state index contributed by atoms with van der Waals surface area (Å²) in [5.41, 5.74) is 4.83. The fraction of sp³-hybridized carbons (Fsp3) is 0.154. The molecular weight excluding hydrogens is 444 g/mol. The molecule has 1 atom stereocenters. The summed E-state index contributed by atoms with van der Waals surface area (Å²) in [5.74, 6) is 0.00939. The van der Waals surface area contributed by atoms with Crippen molar-refractivity contribution in [1.82, 2.24) is 10.2 Å². The van der Waals surface area contributed by atoms with Gasteiger partial charge < -0.3 is 25.1 Å². The molecular formula is C26H24N6O3. The number of anilines is 3. The number of ether oxygens (including phenoxy) is 1. The number of hydrogen-bond acceptors (Lipinski definition) is 8. The highest BCUT2D eigenvalue weighted by Crippen LogP contribution is 2.26. The molecule has 1 aliphatic rings. The number of carbonyl (C=O) groups is 1. The Morgan fingerprint density at radius 2 is 1.71 bits per heavy atom. The van der Waals surface area contributed by atoms with Crippen LogP contribution in [0.2, 0.25) is 0 Å². The third-order valence-corrected chi connectivity index (χ3v) is 5.45. The third-order valence-electron chi connectivity index (χ3n) is 5.45. The van der Waals surface area contributed by atoms with Gasteiger partial charge in [-0.05, 0) is 30.3 Å². The lowest BCUT2D eigenvalue weighted by atomic mass is 10.0. The van der Waals surface area contributed by atoms with E-state index in [1.54, 1.807) is 7.11 Å². The van der Waals surface area contributed by atoms with Crippen LogP contribution in [0.5, 0.6) is 0 Å². The number of aliphatic imine (C=N–C) groups is 1. The third kappa shape index (κ3) is 5.04. The van der Waals surface area contributed by atoms with Gasteiger partial charge in [-0.15, -0.1) is 5.10 Å². The van der Waals surface area contributed by atoms with Crippen LogP contribution in [0.3, 0.4) is 0 Å². The molecule has 3 N–H and O–H groups in total.